The number of rotatable bonds is 4. The number of phenols is 1. The number of phenolic OH excluding ortho intramolecular Hbond substituents is 1. The molecule has 4 nitrogen and oxygen atoms in total. The van der Waals surface area contributed by atoms with E-state index in [-0.39, 0.29) is 24.2 Å². The molecule has 0 radical (unpaired) electrons. The van der Waals surface area contributed by atoms with E-state index < -0.39 is 0 Å². The van der Waals surface area contributed by atoms with E-state index in [9.17, 15) is 5.11 Å². The van der Waals surface area contributed by atoms with Gasteiger partial charge in [-0.05, 0) is 18.8 Å². The molecule has 0 spiro atoms. The summed E-state index contributed by atoms with van der Waals surface area (Å²) in [6.45, 7) is 0. The zero-order chi connectivity index (χ0) is 11.7. The molecule has 1 aliphatic rings. The first-order chi connectivity index (χ1) is 7.67. The fourth-order valence-corrected chi connectivity index (χ4v) is 1.90. The molecule has 0 bridgehead atoms. The van der Waals surface area contributed by atoms with E-state index in [0.29, 0.717) is 23.0 Å². The topological polar surface area (TPSA) is 64.7 Å². The van der Waals surface area contributed by atoms with Crippen LogP contribution in [-0.2, 0) is 0 Å². The van der Waals surface area contributed by atoms with Gasteiger partial charge in [-0.3, -0.25) is 0 Å². The Balaban J connectivity index is 0.00000144. The molecule has 0 aromatic heterocycles. The van der Waals surface area contributed by atoms with Crippen LogP contribution in [0, 0.1) is 5.92 Å². The van der Waals surface area contributed by atoms with Crippen LogP contribution in [0.3, 0.4) is 0 Å². The van der Waals surface area contributed by atoms with E-state index in [0.717, 1.165) is 12.8 Å². The smallest absolute Gasteiger partial charge is 0.131 e. The normalized spacial score (nSPS) is 15.9. The Morgan fingerprint density at radius 3 is 2.41 bits per heavy atom. The van der Waals surface area contributed by atoms with Crippen molar-refractivity contribution in [2.24, 2.45) is 11.7 Å². The Morgan fingerprint density at radius 2 is 1.94 bits per heavy atom. The molecule has 2 rings (SSSR count). The zero-order valence-electron chi connectivity index (χ0n) is 9.97. The minimum absolute atomic E-state index is 0. The van der Waals surface area contributed by atoms with Crippen molar-refractivity contribution in [3.05, 3.63) is 17.7 Å². The molecule has 0 amide bonds. The molecule has 0 saturated heterocycles. The maximum Gasteiger partial charge on any atom is 0.131 e. The molecular weight excluding hydrogens is 242 g/mol. The first-order valence-electron chi connectivity index (χ1n) is 5.37. The molecule has 0 unspecified atom stereocenters. The van der Waals surface area contributed by atoms with Gasteiger partial charge in [0.15, 0.2) is 0 Å². The van der Waals surface area contributed by atoms with Crippen molar-refractivity contribution in [3.63, 3.8) is 0 Å². The highest BCUT2D eigenvalue weighted by Crippen LogP contribution is 2.46. The van der Waals surface area contributed by atoms with Crippen molar-refractivity contribution in [2.45, 2.75) is 18.9 Å². The van der Waals surface area contributed by atoms with Crippen LogP contribution in [-0.4, -0.2) is 19.3 Å². The van der Waals surface area contributed by atoms with Crippen molar-refractivity contribution in [1.82, 2.24) is 0 Å². The summed E-state index contributed by atoms with van der Waals surface area (Å²) in [7, 11) is 3.12. The number of halogens is 1. The Kier molecular flexibility index (Phi) is 4.48. The lowest BCUT2D eigenvalue weighted by molar-refractivity contribution is 0.372. The summed E-state index contributed by atoms with van der Waals surface area (Å²) in [5.74, 6) is 1.78. The lowest BCUT2D eigenvalue weighted by atomic mass is 10.0. The third-order valence-electron chi connectivity index (χ3n) is 3.01. The molecule has 0 aliphatic heterocycles. The molecule has 1 atom stereocenters. The van der Waals surface area contributed by atoms with Gasteiger partial charge in [0, 0.05) is 18.2 Å². The fraction of sp³-hybridized carbons (Fsp3) is 0.500. The molecule has 0 heterocycles. The zero-order valence-corrected chi connectivity index (χ0v) is 10.8. The number of ether oxygens (including phenoxy) is 2. The van der Waals surface area contributed by atoms with Crippen molar-refractivity contribution in [1.29, 1.82) is 0 Å². The Labute approximate surface area is 107 Å². The average molecular weight is 260 g/mol. The molecule has 1 fully saturated rings. The lowest BCUT2D eigenvalue weighted by Gasteiger charge is -2.17. The number of benzene rings is 1. The molecule has 1 aliphatic carbocycles. The van der Waals surface area contributed by atoms with Gasteiger partial charge in [-0.1, -0.05) is 0 Å². The number of methoxy groups -OCH3 is 2. The van der Waals surface area contributed by atoms with Crippen molar-refractivity contribution >= 4 is 12.4 Å². The second-order valence-corrected chi connectivity index (χ2v) is 4.13. The SMILES string of the molecule is COc1cc(O)c([C@@H](N)C2CC2)c(OC)c1.Cl. The molecule has 1 saturated carbocycles. The van der Waals surface area contributed by atoms with Crippen LogP contribution >= 0.6 is 12.4 Å². The molecule has 3 N–H and O–H groups in total. The van der Waals surface area contributed by atoms with Crippen LogP contribution in [0.2, 0.25) is 0 Å². The van der Waals surface area contributed by atoms with Crippen LogP contribution in [0.15, 0.2) is 12.1 Å². The number of nitrogens with two attached hydrogens (primary N) is 1. The largest absolute Gasteiger partial charge is 0.507 e. The van der Waals surface area contributed by atoms with E-state index in [1.165, 1.54) is 0 Å². The van der Waals surface area contributed by atoms with E-state index in [1.807, 2.05) is 0 Å². The monoisotopic (exact) mass is 259 g/mol. The number of hydrogen-bond acceptors (Lipinski definition) is 4. The van der Waals surface area contributed by atoms with Crippen LogP contribution in [0.25, 0.3) is 0 Å². The van der Waals surface area contributed by atoms with E-state index in [1.54, 1.807) is 26.4 Å². The predicted octanol–water partition coefficient (Wildman–Crippen LogP) is 2.24. The van der Waals surface area contributed by atoms with Gasteiger partial charge in [0.25, 0.3) is 0 Å². The maximum absolute atomic E-state index is 9.94. The summed E-state index contributed by atoms with van der Waals surface area (Å²) in [6, 6.07) is 3.16. The van der Waals surface area contributed by atoms with Crippen LogP contribution < -0.4 is 15.2 Å². The molecule has 1 aromatic carbocycles. The van der Waals surface area contributed by atoms with Crippen LogP contribution in [0.4, 0.5) is 0 Å². The average Bonchev–Trinajstić information content (AvgIpc) is 3.10. The van der Waals surface area contributed by atoms with E-state index in [4.69, 9.17) is 15.2 Å². The first kappa shape index (κ1) is 13.9. The second-order valence-electron chi connectivity index (χ2n) is 4.13. The van der Waals surface area contributed by atoms with Gasteiger partial charge in [0.05, 0.1) is 19.8 Å². The summed E-state index contributed by atoms with van der Waals surface area (Å²) in [6.07, 6.45) is 2.24. The van der Waals surface area contributed by atoms with Crippen molar-refractivity contribution < 1.29 is 14.6 Å². The standard InChI is InChI=1S/C12H17NO3.ClH/c1-15-8-5-9(14)11(10(6-8)16-2)12(13)7-3-4-7;/h5-7,12,14H,3-4,13H2,1-2H3;1H/t12-;/m0./s1. The summed E-state index contributed by atoms with van der Waals surface area (Å²) >= 11 is 0. The molecule has 1 aromatic rings. The van der Waals surface area contributed by atoms with Crippen LogP contribution in [0.1, 0.15) is 24.4 Å². The van der Waals surface area contributed by atoms with Crippen molar-refractivity contribution in [2.75, 3.05) is 14.2 Å². The highest BCUT2D eigenvalue weighted by atomic mass is 35.5. The van der Waals surface area contributed by atoms with Gasteiger partial charge >= 0.3 is 0 Å². The van der Waals surface area contributed by atoms with E-state index in [2.05, 4.69) is 0 Å². The Hall–Kier alpha value is -1.13. The van der Waals surface area contributed by atoms with Crippen molar-refractivity contribution in [3.8, 4) is 17.2 Å². The van der Waals surface area contributed by atoms with Gasteiger partial charge in [-0.2, -0.15) is 0 Å². The third-order valence-corrected chi connectivity index (χ3v) is 3.01. The van der Waals surface area contributed by atoms with Crippen LogP contribution in [0.5, 0.6) is 17.2 Å². The van der Waals surface area contributed by atoms with Gasteiger partial charge in [0.2, 0.25) is 0 Å². The summed E-state index contributed by atoms with van der Waals surface area (Å²) < 4.78 is 10.3. The summed E-state index contributed by atoms with van der Waals surface area (Å²) in [4.78, 5) is 0. The molecule has 17 heavy (non-hydrogen) atoms. The summed E-state index contributed by atoms with van der Waals surface area (Å²) in [5, 5.41) is 9.94. The van der Waals surface area contributed by atoms with Gasteiger partial charge in [-0.15, -0.1) is 12.4 Å². The highest BCUT2D eigenvalue weighted by Gasteiger charge is 2.33. The molecule has 5 heteroatoms. The third kappa shape index (κ3) is 2.76. The minimum Gasteiger partial charge on any atom is -0.507 e. The molecular formula is C12H18ClNO3. The van der Waals surface area contributed by atoms with Gasteiger partial charge < -0.3 is 20.3 Å². The number of aromatic hydroxyl groups is 1. The minimum atomic E-state index is -0.152. The van der Waals surface area contributed by atoms with Gasteiger partial charge in [-0.25, -0.2) is 0 Å². The fourth-order valence-electron chi connectivity index (χ4n) is 1.90. The second kappa shape index (κ2) is 5.47. The maximum atomic E-state index is 9.94. The quantitative estimate of drug-likeness (QED) is 0.870. The number of hydrogen-bond donors (Lipinski definition) is 2. The Morgan fingerprint density at radius 1 is 1.29 bits per heavy atom. The first-order valence-corrected chi connectivity index (χ1v) is 5.37. The predicted molar refractivity (Wildman–Crippen MR) is 68.1 cm³/mol. The lowest BCUT2D eigenvalue weighted by Crippen LogP contribution is -2.14. The van der Waals surface area contributed by atoms with Gasteiger partial charge in [0.1, 0.15) is 17.2 Å². The van der Waals surface area contributed by atoms with E-state index >= 15 is 0 Å². The summed E-state index contributed by atoms with van der Waals surface area (Å²) in [5.41, 5.74) is 6.77. The molecule has 96 valence electrons. The Bertz CT molecular complexity index is 394. The highest BCUT2D eigenvalue weighted by molar-refractivity contribution is 5.85.